The molecule has 2 N–H and O–H groups in total. The SMILES string of the molecule is CC1(C)S[C@@H]2[C@H](NC(=O)c3ccc(N=[N+]=[N-])cc3)C(=O)N2[C@H]1C(=O)O.[K]. The van der Waals surface area contributed by atoms with Gasteiger partial charge in [0.15, 0.2) is 0 Å². The molecule has 2 fully saturated rings. The molecule has 2 heterocycles. The molecule has 1 radical (unpaired) electrons. The second-order valence-corrected chi connectivity index (χ2v) is 8.06. The molecular weight excluding hydrogens is 385 g/mol. The number of carboxylic acids is 1. The zero-order chi connectivity index (χ0) is 18.4. The number of carbonyl (C=O) groups is 3. The van der Waals surface area contributed by atoms with Crippen molar-refractivity contribution in [1.82, 2.24) is 10.2 Å². The summed E-state index contributed by atoms with van der Waals surface area (Å²) in [6, 6.07) is 4.32. The van der Waals surface area contributed by atoms with Crippen molar-refractivity contribution >= 4 is 86.6 Å². The average Bonchev–Trinajstić information content (AvgIpc) is 2.81. The zero-order valence-corrected chi connectivity index (χ0v) is 18.4. The molecule has 11 heteroatoms. The Bertz CT molecular complexity index is 809. The minimum atomic E-state index is -1.05. The van der Waals surface area contributed by atoms with E-state index < -0.39 is 40.0 Å². The number of rotatable bonds is 4. The standard InChI is InChI=1S/C15H15N5O4S.K/c1-15(2)10(14(23)24)20-12(22)9(13(20)25-15)17-11(21)7-3-5-8(6-4-7)18-19-16;/h3-6,9-10,13H,1-2H3,(H,17,21)(H,23,24);/t9-,10+,13-;/m1./s1. The van der Waals surface area contributed by atoms with Crippen LogP contribution in [-0.2, 0) is 9.59 Å². The number of fused-ring (bicyclic) bond motifs is 1. The summed E-state index contributed by atoms with van der Waals surface area (Å²) < 4.78 is -0.636. The molecule has 3 atom stereocenters. The smallest absolute Gasteiger partial charge is 0.327 e. The quantitative estimate of drug-likeness (QED) is 0.259. The zero-order valence-electron chi connectivity index (χ0n) is 14.4. The van der Waals surface area contributed by atoms with E-state index in [0.717, 1.165) is 0 Å². The summed E-state index contributed by atoms with van der Waals surface area (Å²) in [7, 11) is 0. The monoisotopic (exact) mass is 400 g/mol. The minimum Gasteiger partial charge on any atom is -0.480 e. The van der Waals surface area contributed by atoms with E-state index >= 15 is 0 Å². The first-order valence-corrected chi connectivity index (χ1v) is 8.33. The van der Waals surface area contributed by atoms with Crippen molar-refractivity contribution in [3.05, 3.63) is 40.3 Å². The van der Waals surface area contributed by atoms with Crippen molar-refractivity contribution in [1.29, 1.82) is 0 Å². The Balaban J connectivity index is 0.00000243. The minimum absolute atomic E-state index is 0. The number of benzene rings is 1. The first-order chi connectivity index (χ1) is 11.8. The molecule has 2 amide bonds. The van der Waals surface area contributed by atoms with Gasteiger partial charge in [-0.05, 0) is 31.5 Å². The molecule has 2 aliphatic heterocycles. The van der Waals surface area contributed by atoms with Crippen molar-refractivity contribution in [2.24, 2.45) is 5.11 Å². The van der Waals surface area contributed by atoms with Gasteiger partial charge in [0, 0.05) is 72.3 Å². The van der Waals surface area contributed by atoms with Crippen LogP contribution in [0.15, 0.2) is 29.4 Å². The van der Waals surface area contributed by atoms with Crippen LogP contribution >= 0.6 is 11.8 Å². The second-order valence-electron chi connectivity index (χ2n) is 6.29. The van der Waals surface area contributed by atoms with Gasteiger partial charge in [-0.1, -0.05) is 17.2 Å². The maximum atomic E-state index is 12.3. The summed E-state index contributed by atoms with van der Waals surface area (Å²) in [4.78, 5) is 40.1. The molecule has 0 spiro atoms. The van der Waals surface area contributed by atoms with Crippen molar-refractivity contribution in [3.8, 4) is 0 Å². The predicted octanol–water partition coefficient (Wildman–Crippen LogP) is 1.49. The van der Waals surface area contributed by atoms with Crippen LogP contribution in [0.1, 0.15) is 24.2 Å². The van der Waals surface area contributed by atoms with Gasteiger partial charge in [0.1, 0.15) is 17.5 Å². The Kier molecular flexibility index (Phi) is 6.44. The number of aliphatic carboxylic acids is 1. The van der Waals surface area contributed by atoms with Crippen molar-refractivity contribution in [2.75, 3.05) is 0 Å². The van der Waals surface area contributed by atoms with Crippen LogP contribution in [0, 0.1) is 0 Å². The Morgan fingerprint density at radius 3 is 2.50 bits per heavy atom. The maximum Gasteiger partial charge on any atom is 0.327 e. The number of amides is 2. The summed E-state index contributed by atoms with van der Waals surface area (Å²) in [5.41, 5.74) is 9.07. The molecule has 0 aliphatic carbocycles. The first kappa shape index (κ1) is 21.2. The molecular formula is C15H15KN5O4S. The van der Waals surface area contributed by atoms with Gasteiger partial charge in [-0.2, -0.15) is 0 Å². The molecule has 2 saturated heterocycles. The van der Waals surface area contributed by atoms with Gasteiger partial charge >= 0.3 is 5.97 Å². The van der Waals surface area contributed by atoms with E-state index in [1.807, 2.05) is 0 Å². The number of carboxylic acid groups (broad SMARTS) is 1. The number of azide groups is 1. The van der Waals surface area contributed by atoms with Crippen LogP contribution in [0.5, 0.6) is 0 Å². The predicted molar refractivity (Wildman–Crippen MR) is 96.0 cm³/mol. The number of hydrogen-bond acceptors (Lipinski definition) is 5. The average molecular weight is 400 g/mol. The van der Waals surface area contributed by atoms with E-state index in [1.165, 1.54) is 40.9 Å². The molecule has 131 valence electrons. The van der Waals surface area contributed by atoms with Gasteiger partial charge in [-0.25, -0.2) is 4.79 Å². The number of nitrogens with one attached hydrogen (secondary N) is 1. The Labute approximate surface area is 195 Å². The molecule has 0 saturated carbocycles. The van der Waals surface area contributed by atoms with Crippen LogP contribution in [0.3, 0.4) is 0 Å². The van der Waals surface area contributed by atoms with Gasteiger partial charge in [0.2, 0.25) is 5.91 Å². The molecule has 0 unspecified atom stereocenters. The molecule has 2 aliphatic rings. The third kappa shape index (κ3) is 3.65. The fourth-order valence-electron chi connectivity index (χ4n) is 3.10. The van der Waals surface area contributed by atoms with E-state index in [0.29, 0.717) is 11.3 Å². The second kappa shape index (κ2) is 7.89. The molecule has 1 aromatic rings. The number of carbonyl (C=O) groups excluding carboxylic acids is 2. The van der Waals surface area contributed by atoms with Gasteiger partial charge in [-0.3, -0.25) is 9.59 Å². The summed E-state index contributed by atoms with van der Waals surface area (Å²) in [5.74, 6) is -1.89. The number of β-lactam (4-membered cyclic amide) rings is 1. The molecule has 0 aromatic heterocycles. The molecule has 0 bridgehead atoms. The topological polar surface area (TPSA) is 135 Å². The summed E-state index contributed by atoms with van der Waals surface area (Å²) in [5, 5.41) is 15.1. The van der Waals surface area contributed by atoms with E-state index in [9.17, 15) is 19.5 Å². The normalized spacial score (nSPS) is 25.2. The summed E-state index contributed by atoms with van der Waals surface area (Å²) in [6.45, 7) is 3.55. The maximum absolute atomic E-state index is 12.3. The van der Waals surface area contributed by atoms with E-state index in [2.05, 4.69) is 15.3 Å². The Hall–Kier alpha value is -1.07. The molecule has 3 rings (SSSR count). The summed E-state index contributed by atoms with van der Waals surface area (Å²) >= 11 is 1.37. The van der Waals surface area contributed by atoms with Crippen LogP contribution < -0.4 is 5.32 Å². The van der Waals surface area contributed by atoms with Crippen LogP contribution in [0.2, 0.25) is 0 Å². The Morgan fingerprint density at radius 1 is 1.35 bits per heavy atom. The van der Waals surface area contributed by atoms with Gasteiger partial charge in [0.25, 0.3) is 5.91 Å². The van der Waals surface area contributed by atoms with Gasteiger partial charge < -0.3 is 15.3 Å². The van der Waals surface area contributed by atoms with Gasteiger partial charge in [-0.15, -0.1) is 11.8 Å². The largest absolute Gasteiger partial charge is 0.480 e. The van der Waals surface area contributed by atoms with Crippen LogP contribution in [0.4, 0.5) is 5.69 Å². The molecule has 1 aromatic carbocycles. The molecule has 9 nitrogen and oxygen atoms in total. The van der Waals surface area contributed by atoms with Gasteiger partial charge in [0.05, 0.1) is 0 Å². The van der Waals surface area contributed by atoms with E-state index in [4.69, 9.17) is 5.53 Å². The Morgan fingerprint density at radius 2 is 1.96 bits per heavy atom. The van der Waals surface area contributed by atoms with Crippen molar-refractivity contribution in [3.63, 3.8) is 0 Å². The third-order valence-electron chi connectivity index (χ3n) is 4.25. The fourth-order valence-corrected chi connectivity index (χ4v) is 4.73. The van der Waals surface area contributed by atoms with Crippen molar-refractivity contribution in [2.45, 2.75) is 36.1 Å². The van der Waals surface area contributed by atoms with E-state index in [-0.39, 0.29) is 51.4 Å². The fraction of sp³-hybridized carbons (Fsp3) is 0.400. The number of thioether (sulfide) groups is 1. The van der Waals surface area contributed by atoms with Crippen molar-refractivity contribution < 1.29 is 19.5 Å². The molecule has 26 heavy (non-hydrogen) atoms. The number of hydrogen-bond donors (Lipinski definition) is 2. The van der Waals surface area contributed by atoms with Crippen LogP contribution in [0.25, 0.3) is 10.4 Å². The van der Waals surface area contributed by atoms with Crippen LogP contribution in [-0.4, -0.2) is 101 Å². The first-order valence-electron chi connectivity index (χ1n) is 7.45. The summed E-state index contributed by atoms with van der Waals surface area (Å²) in [6.07, 6.45) is 0. The van der Waals surface area contributed by atoms with E-state index in [1.54, 1.807) is 13.8 Å². The third-order valence-corrected chi connectivity index (χ3v) is 5.82. The number of nitrogens with zero attached hydrogens (tertiary/aromatic N) is 4.